The van der Waals surface area contributed by atoms with Gasteiger partial charge in [-0.15, -0.1) is 0 Å². The second-order valence-electron chi connectivity index (χ2n) is 5.08. The molecule has 2 N–H and O–H groups in total. The summed E-state index contributed by atoms with van der Waals surface area (Å²) in [5.41, 5.74) is 8.33. The van der Waals surface area contributed by atoms with Crippen LogP contribution >= 0.6 is 0 Å². The normalized spacial score (nSPS) is 14.0. The molecule has 0 unspecified atom stereocenters. The highest BCUT2D eigenvalue weighted by Crippen LogP contribution is 2.23. The Morgan fingerprint density at radius 3 is 2.67 bits per heavy atom. The van der Waals surface area contributed by atoms with Gasteiger partial charge in [0.15, 0.2) is 0 Å². The van der Waals surface area contributed by atoms with E-state index < -0.39 is 0 Å². The van der Waals surface area contributed by atoms with Crippen molar-refractivity contribution in [3.63, 3.8) is 0 Å². The summed E-state index contributed by atoms with van der Waals surface area (Å²) in [7, 11) is 0. The lowest BCUT2D eigenvalue weighted by Crippen LogP contribution is -2.32. The third-order valence-electron chi connectivity index (χ3n) is 3.68. The molecular formula is C17H18N2O2. The molecule has 0 fully saturated rings. The first-order chi connectivity index (χ1) is 10.3. The van der Waals surface area contributed by atoms with E-state index >= 15 is 0 Å². The fraction of sp³-hybridized carbons (Fsp3) is 0.235. The number of nitrogens with zero attached hydrogens (tertiary/aromatic N) is 1. The monoisotopic (exact) mass is 282 g/mol. The molecule has 1 aliphatic rings. The maximum atomic E-state index is 12.6. The molecular weight excluding hydrogens is 264 g/mol. The zero-order valence-electron chi connectivity index (χ0n) is 11.8. The largest absolute Gasteiger partial charge is 0.491 e. The smallest absolute Gasteiger partial charge is 0.254 e. The Morgan fingerprint density at radius 1 is 1.14 bits per heavy atom. The van der Waals surface area contributed by atoms with Gasteiger partial charge in [0.1, 0.15) is 12.4 Å². The average molecular weight is 282 g/mol. The van der Waals surface area contributed by atoms with Crippen LogP contribution in [0.25, 0.3) is 0 Å². The maximum absolute atomic E-state index is 12.6. The predicted octanol–water partition coefficient (Wildman–Crippen LogP) is 2.18. The van der Waals surface area contributed by atoms with Crippen LogP contribution in [-0.2, 0) is 13.1 Å². The lowest BCUT2D eigenvalue weighted by molar-refractivity contribution is 0.0733. The molecule has 4 heteroatoms. The van der Waals surface area contributed by atoms with Crippen LogP contribution in [0.3, 0.4) is 0 Å². The van der Waals surface area contributed by atoms with Gasteiger partial charge in [-0.1, -0.05) is 30.3 Å². The number of nitrogens with two attached hydrogens (primary N) is 1. The van der Waals surface area contributed by atoms with Gasteiger partial charge in [-0.25, -0.2) is 0 Å². The highest BCUT2D eigenvalue weighted by molar-refractivity contribution is 5.94. The number of fused-ring (bicyclic) bond motifs is 1. The lowest BCUT2D eigenvalue weighted by atomic mass is 10.1. The number of hydrogen-bond acceptors (Lipinski definition) is 3. The van der Waals surface area contributed by atoms with E-state index in [-0.39, 0.29) is 5.91 Å². The fourth-order valence-corrected chi connectivity index (χ4v) is 2.47. The van der Waals surface area contributed by atoms with E-state index in [1.54, 1.807) is 0 Å². The van der Waals surface area contributed by atoms with E-state index in [1.807, 2.05) is 53.4 Å². The Hall–Kier alpha value is -2.33. The molecule has 0 aliphatic carbocycles. The SMILES string of the molecule is NCc1ccc(C(=O)N2CCOc3ccccc3C2)cc1. The summed E-state index contributed by atoms with van der Waals surface area (Å²) in [6.07, 6.45) is 0. The van der Waals surface area contributed by atoms with Crippen LogP contribution in [0.4, 0.5) is 0 Å². The van der Waals surface area contributed by atoms with Gasteiger partial charge in [-0.05, 0) is 23.8 Å². The number of benzene rings is 2. The highest BCUT2D eigenvalue weighted by atomic mass is 16.5. The minimum atomic E-state index is 0.0267. The average Bonchev–Trinajstić information content (AvgIpc) is 2.76. The zero-order valence-corrected chi connectivity index (χ0v) is 11.8. The molecule has 3 rings (SSSR count). The Kier molecular flexibility index (Phi) is 3.88. The topological polar surface area (TPSA) is 55.6 Å². The minimum absolute atomic E-state index is 0.0267. The number of carbonyl (C=O) groups is 1. The number of rotatable bonds is 2. The van der Waals surface area contributed by atoms with E-state index in [0.29, 0.717) is 31.8 Å². The van der Waals surface area contributed by atoms with Crippen molar-refractivity contribution in [2.75, 3.05) is 13.2 Å². The van der Waals surface area contributed by atoms with Crippen molar-refractivity contribution in [2.45, 2.75) is 13.1 Å². The van der Waals surface area contributed by atoms with Crippen LogP contribution in [-0.4, -0.2) is 24.0 Å². The summed E-state index contributed by atoms with van der Waals surface area (Å²) in [6.45, 7) is 2.17. The predicted molar refractivity (Wildman–Crippen MR) is 81.0 cm³/mol. The van der Waals surface area contributed by atoms with Gasteiger partial charge in [0.05, 0.1) is 6.54 Å². The van der Waals surface area contributed by atoms with Crippen molar-refractivity contribution >= 4 is 5.91 Å². The van der Waals surface area contributed by atoms with Crippen molar-refractivity contribution in [1.82, 2.24) is 4.90 Å². The molecule has 4 nitrogen and oxygen atoms in total. The molecule has 0 saturated heterocycles. The van der Waals surface area contributed by atoms with Gasteiger partial charge >= 0.3 is 0 Å². The third kappa shape index (κ3) is 2.90. The van der Waals surface area contributed by atoms with Crippen molar-refractivity contribution in [1.29, 1.82) is 0 Å². The lowest BCUT2D eigenvalue weighted by Gasteiger charge is -2.20. The van der Waals surface area contributed by atoms with Crippen molar-refractivity contribution in [3.8, 4) is 5.75 Å². The summed E-state index contributed by atoms with van der Waals surface area (Å²) >= 11 is 0. The molecule has 0 aromatic heterocycles. The van der Waals surface area contributed by atoms with Crippen LogP contribution < -0.4 is 10.5 Å². The Morgan fingerprint density at radius 2 is 1.90 bits per heavy atom. The summed E-state index contributed by atoms with van der Waals surface area (Å²) in [5.74, 6) is 0.894. The van der Waals surface area contributed by atoms with Crippen LogP contribution in [0.2, 0.25) is 0 Å². The third-order valence-corrected chi connectivity index (χ3v) is 3.68. The van der Waals surface area contributed by atoms with Crippen LogP contribution in [0, 0.1) is 0 Å². The molecule has 0 spiro atoms. The van der Waals surface area contributed by atoms with E-state index in [1.165, 1.54) is 0 Å². The van der Waals surface area contributed by atoms with Crippen molar-refractivity contribution < 1.29 is 9.53 Å². The van der Waals surface area contributed by atoms with Gasteiger partial charge in [-0.2, -0.15) is 0 Å². The Balaban J connectivity index is 1.81. The van der Waals surface area contributed by atoms with E-state index in [0.717, 1.165) is 16.9 Å². The molecule has 2 aromatic rings. The van der Waals surface area contributed by atoms with Crippen molar-refractivity contribution in [3.05, 3.63) is 65.2 Å². The van der Waals surface area contributed by atoms with Crippen LogP contribution in [0.1, 0.15) is 21.5 Å². The quantitative estimate of drug-likeness (QED) is 0.918. The van der Waals surface area contributed by atoms with Crippen LogP contribution in [0.15, 0.2) is 48.5 Å². The number of ether oxygens (including phenoxy) is 1. The molecule has 108 valence electrons. The molecule has 21 heavy (non-hydrogen) atoms. The second-order valence-corrected chi connectivity index (χ2v) is 5.08. The number of carbonyl (C=O) groups excluding carboxylic acids is 1. The molecule has 1 aliphatic heterocycles. The maximum Gasteiger partial charge on any atom is 0.254 e. The van der Waals surface area contributed by atoms with Gasteiger partial charge in [-0.3, -0.25) is 4.79 Å². The molecule has 0 radical (unpaired) electrons. The molecule has 2 aromatic carbocycles. The van der Waals surface area contributed by atoms with Gasteiger partial charge in [0.25, 0.3) is 5.91 Å². The first-order valence-electron chi connectivity index (χ1n) is 7.07. The minimum Gasteiger partial charge on any atom is -0.491 e. The molecule has 0 atom stereocenters. The zero-order chi connectivity index (χ0) is 14.7. The van der Waals surface area contributed by atoms with E-state index in [4.69, 9.17) is 10.5 Å². The summed E-state index contributed by atoms with van der Waals surface area (Å²) in [6, 6.07) is 15.3. The molecule has 0 bridgehead atoms. The molecule has 0 saturated carbocycles. The number of hydrogen-bond donors (Lipinski definition) is 1. The van der Waals surface area contributed by atoms with E-state index in [2.05, 4.69) is 0 Å². The van der Waals surface area contributed by atoms with Gasteiger partial charge < -0.3 is 15.4 Å². The number of para-hydroxylation sites is 1. The van der Waals surface area contributed by atoms with Crippen LogP contribution in [0.5, 0.6) is 5.75 Å². The first-order valence-corrected chi connectivity index (χ1v) is 7.07. The first kappa shape index (κ1) is 13.6. The Bertz CT molecular complexity index is 637. The highest BCUT2D eigenvalue weighted by Gasteiger charge is 2.20. The molecule has 1 heterocycles. The van der Waals surface area contributed by atoms with Gasteiger partial charge in [0.2, 0.25) is 0 Å². The number of amides is 1. The summed E-state index contributed by atoms with van der Waals surface area (Å²) in [5, 5.41) is 0. The van der Waals surface area contributed by atoms with Gasteiger partial charge in [0, 0.05) is 24.2 Å². The fourth-order valence-electron chi connectivity index (χ4n) is 2.47. The standard InChI is InChI=1S/C17H18N2O2/c18-11-13-5-7-14(8-6-13)17(20)19-9-10-21-16-4-2-1-3-15(16)12-19/h1-8H,9-12,18H2. The summed E-state index contributed by atoms with van der Waals surface area (Å²) < 4.78 is 5.69. The molecule has 1 amide bonds. The van der Waals surface area contributed by atoms with E-state index in [9.17, 15) is 4.79 Å². The van der Waals surface area contributed by atoms with Crippen molar-refractivity contribution in [2.24, 2.45) is 5.73 Å². The summed E-state index contributed by atoms with van der Waals surface area (Å²) in [4.78, 5) is 14.4. The Labute approximate surface area is 124 Å². The second kappa shape index (κ2) is 5.97.